The number of nitrogens with zero attached hydrogens (tertiary/aromatic N) is 1. The maximum atomic E-state index is 12.0. The van der Waals surface area contributed by atoms with Gasteiger partial charge in [-0.2, -0.15) is 0 Å². The molecule has 0 unspecified atom stereocenters. The highest BCUT2D eigenvalue weighted by atomic mass is 16.1. The fourth-order valence-corrected chi connectivity index (χ4v) is 2.35. The lowest BCUT2D eigenvalue weighted by Crippen LogP contribution is -2.24. The summed E-state index contributed by atoms with van der Waals surface area (Å²) in [7, 11) is 0. The summed E-state index contributed by atoms with van der Waals surface area (Å²) in [5.41, 5.74) is 3.06. The zero-order valence-electron chi connectivity index (χ0n) is 11.6. The van der Waals surface area contributed by atoms with E-state index in [1.165, 1.54) is 0 Å². The summed E-state index contributed by atoms with van der Waals surface area (Å²) in [6, 6.07) is 19.7. The van der Waals surface area contributed by atoms with Gasteiger partial charge in [0.25, 0.3) is 0 Å². The number of hydrogen-bond acceptors (Lipinski definition) is 2. The SMILES string of the molecule is O=C(Cc1ccccc1)NCc1ccnc2ccccc12. The van der Waals surface area contributed by atoms with Crippen LogP contribution in [0.1, 0.15) is 11.1 Å². The van der Waals surface area contributed by atoms with Crippen LogP contribution >= 0.6 is 0 Å². The molecule has 0 spiro atoms. The number of pyridine rings is 1. The zero-order valence-corrected chi connectivity index (χ0v) is 11.6. The number of hydrogen-bond donors (Lipinski definition) is 1. The Morgan fingerprint density at radius 2 is 1.71 bits per heavy atom. The predicted molar refractivity (Wildman–Crippen MR) is 83.7 cm³/mol. The average molecular weight is 276 g/mol. The summed E-state index contributed by atoms with van der Waals surface area (Å²) < 4.78 is 0. The van der Waals surface area contributed by atoms with Gasteiger partial charge in [0, 0.05) is 18.1 Å². The number of benzene rings is 2. The lowest BCUT2D eigenvalue weighted by atomic mass is 10.1. The topological polar surface area (TPSA) is 42.0 Å². The molecule has 3 rings (SSSR count). The predicted octanol–water partition coefficient (Wildman–Crippen LogP) is 3.09. The largest absolute Gasteiger partial charge is 0.352 e. The Hall–Kier alpha value is -2.68. The highest BCUT2D eigenvalue weighted by Gasteiger charge is 2.05. The molecule has 1 heterocycles. The number of amides is 1. The Morgan fingerprint density at radius 1 is 0.952 bits per heavy atom. The Morgan fingerprint density at radius 3 is 2.57 bits per heavy atom. The molecule has 0 bridgehead atoms. The zero-order chi connectivity index (χ0) is 14.5. The van der Waals surface area contributed by atoms with Crippen LogP contribution < -0.4 is 5.32 Å². The molecular weight excluding hydrogens is 260 g/mol. The van der Waals surface area contributed by atoms with E-state index in [1.54, 1.807) is 6.20 Å². The van der Waals surface area contributed by atoms with E-state index in [9.17, 15) is 4.79 Å². The van der Waals surface area contributed by atoms with E-state index in [0.29, 0.717) is 13.0 Å². The van der Waals surface area contributed by atoms with Gasteiger partial charge in [-0.3, -0.25) is 9.78 Å². The normalized spacial score (nSPS) is 10.5. The van der Waals surface area contributed by atoms with Gasteiger partial charge in [-0.05, 0) is 23.3 Å². The molecule has 21 heavy (non-hydrogen) atoms. The van der Waals surface area contributed by atoms with Gasteiger partial charge in [-0.25, -0.2) is 0 Å². The molecule has 0 aliphatic carbocycles. The summed E-state index contributed by atoms with van der Waals surface area (Å²) in [4.78, 5) is 16.3. The van der Waals surface area contributed by atoms with Crippen molar-refractivity contribution in [3.05, 3.63) is 78.0 Å². The summed E-state index contributed by atoms with van der Waals surface area (Å²) in [6.45, 7) is 0.523. The second kappa shape index (κ2) is 6.18. The van der Waals surface area contributed by atoms with Crippen molar-refractivity contribution in [1.82, 2.24) is 10.3 Å². The molecule has 0 saturated carbocycles. The summed E-state index contributed by atoms with van der Waals surface area (Å²) in [6.07, 6.45) is 2.19. The first-order chi connectivity index (χ1) is 10.3. The third-order valence-electron chi connectivity index (χ3n) is 3.42. The van der Waals surface area contributed by atoms with Crippen molar-refractivity contribution in [3.63, 3.8) is 0 Å². The Bertz CT molecular complexity index is 748. The molecule has 3 aromatic rings. The summed E-state index contributed by atoms with van der Waals surface area (Å²) in [5.74, 6) is 0.0297. The molecule has 0 saturated heterocycles. The molecule has 2 aromatic carbocycles. The molecule has 3 nitrogen and oxygen atoms in total. The van der Waals surface area contributed by atoms with Crippen molar-refractivity contribution in [1.29, 1.82) is 0 Å². The Labute approximate surface area is 123 Å². The minimum Gasteiger partial charge on any atom is -0.352 e. The standard InChI is InChI=1S/C18H16N2O/c21-18(12-14-6-2-1-3-7-14)20-13-15-10-11-19-17-9-5-4-8-16(15)17/h1-11H,12-13H2,(H,20,21). The van der Waals surface area contributed by atoms with Gasteiger partial charge in [-0.1, -0.05) is 48.5 Å². The van der Waals surface area contributed by atoms with E-state index in [1.807, 2.05) is 60.7 Å². The summed E-state index contributed by atoms with van der Waals surface area (Å²) >= 11 is 0. The first-order valence-electron chi connectivity index (χ1n) is 6.96. The van der Waals surface area contributed by atoms with Crippen molar-refractivity contribution >= 4 is 16.8 Å². The lowest BCUT2D eigenvalue weighted by molar-refractivity contribution is -0.120. The minimum atomic E-state index is 0.0297. The second-order valence-corrected chi connectivity index (χ2v) is 4.93. The van der Waals surface area contributed by atoms with E-state index < -0.39 is 0 Å². The highest BCUT2D eigenvalue weighted by Crippen LogP contribution is 2.15. The van der Waals surface area contributed by atoms with Crippen molar-refractivity contribution in [2.24, 2.45) is 0 Å². The van der Waals surface area contributed by atoms with Crippen molar-refractivity contribution in [3.8, 4) is 0 Å². The number of nitrogens with one attached hydrogen (secondary N) is 1. The fraction of sp³-hybridized carbons (Fsp3) is 0.111. The van der Waals surface area contributed by atoms with Crippen molar-refractivity contribution in [2.45, 2.75) is 13.0 Å². The number of carbonyl (C=O) groups excluding carboxylic acids is 1. The molecule has 1 N–H and O–H groups in total. The molecule has 0 aliphatic rings. The van der Waals surface area contributed by atoms with Gasteiger partial charge in [-0.15, -0.1) is 0 Å². The van der Waals surface area contributed by atoms with E-state index in [-0.39, 0.29) is 5.91 Å². The van der Waals surface area contributed by atoms with Crippen molar-refractivity contribution < 1.29 is 4.79 Å². The second-order valence-electron chi connectivity index (χ2n) is 4.93. The van der Waals surface area contributed by atoms with E-state index in [0.717, 1.165) is 22.0 Å². The van der Waals surface area contributed by atoms with Crippen LogP contribution in [0.15, 0.2) is 66.9 Å². The average Bonchev–Trinajstić information content (AvgIpc) is 2.54. The first-order valence-corrected chi connectivity index (χ1v) is 6.96. The van der Waals surface area contributed by atoms with E-state index >= 15 is 0 Å². The molecule has 0 fully saturated rings. The van der Waals surface area contributed by atoms with Crippen LogP contribution in [0.2, 0.25) is 0 Å². The molecule has 104 valence electrons. The van der Waals surface area contributed by atoms with Crippen LogP contribution in [0.25, 0.3) is 10.9 Å². The third kappa shape index (κ3) is 3.26. The van der Waals surface area contributed by atoms with Gasteiger partial charge in [0.05, 0.1) is 11.9 Å². The number of fused-ring (bicyclic) bond motifs is 1. The number of para-hydroxylation sites is 1. The van der Waals surface area contributed by atoms with Crippen LogP contribution in [0.4, 0.5) is 0 Å². The number of carbonyl (C=O) groups is 1. The molecule has 0 aliphatic heterocycles. The number of rotatable bonds is 4. The highest BCUT2D eigenvalue weighted by molar-refractivity contribution is 5.83. The quantitative estimate of drug-likeness (QED) is 0.795. The van der Waals surface area contributed by atoms with Crippen LogP contribution in [-0.2, 0) is 17.8 Å². The van der Waals surface area contributed by atoms with Gasteiger partial charge < -0.3 is 5.32 Å². The van der Waals surface area contributed by atoms with Gasteiger partial charge in [0.15, 0.2) is 0 Å². The molecule has 0 radical (unpaired) electrons. The molecule has 1 amide bonds. The smallest absolute Gasteiger partial charge is 0.224 e. The van der Waals surface area contributed by atoms with Crippen LogP contribution in [0.3, 0.4) is 0 Å². The molecular formula is C18H16N2O. The van der Waals surface area contributed by atoms with Gasteiger partial charge in [0.2, 0.25) is 5.91 Å². The molecule has 1 aromatic heterocycles. The van der Waals surface area contributed by atoms with Crippen LogP contribution in [-0.4, -0.2) is 10.9 Å². The molecule has 0 atom stereocenters. The van der Waals surface area contributed by atoms with E-state index in [4.69, 9.17) is 0 Å². The minimum absolute atomic E-state index is 0.0297. The summed E-state index contributed by atoms with van der Waals surface area (Å²) in [5, 5.41) is 4.06. The van der Waals surface area contributed by atoms with Crippen molar-refractivity contribution in [2.75, 3.05) is 0 Å². The first kappa shape index (κ1) is 13.3. The Kier molecular flexibility index (Phi) is 3.92. The maximum Gasteiger partial charge on any atom is 0.224 e. The monoisotopic (exact) mass is 276 g/mol. The van der Waals surface area contributed by atoms with E-state index in [2.05, 4.69) is 10.3 Å². The van der Waals surface area contributed by atoms with Crippen LogP contribution in [0.5, 0.6) is 0 Å². The van der Waals surface area contributed by atoms with Gasteiger partial charge >= 0.3 is 0 Å². The maximum absolute atomic E-state index is 12.0. The number of aromatic nitrogens is 1. The molecule has 3 heteroatoms. The fourth-order valence-electron chi connectivity index (χ4n) is 2.35. The third-order valence-corrected chi connectivity index (χ3v) is 3.42. The van der Waals surface area contributed by atoms with Gasteiger partial charge in [0.1, 0.15) is 0 Å². The van der Waals surface area contributed by atoms with Crippen LogP contribution in [0, 0.1) is 0 Å². The Balaban J connectivity index is 1.68. The lowest BCUT2D eigenvalue weighted by Gasteiger charge is -2.08.